The first-order chi connectivity index (χ1) is 23.2. The maximum atomic E-state index is 8.42. The van der Waals surface area contributed by atoms with E-state index in [0.29, 0.717) is 11.4 Å². The molecule has 1 aliphatic carbocycles. The van der Waals surface area contributed by atoms with Crippen molar-refractivity contribution in [2.75, 3.05) is 0 Å². The average molecular weight is 623 g/mol. The number of hydrogen-bond acceptors (Lipinski definition) is 7. The van der Waals surface area contributed by atoms with Gasteiger partial charge < -0.3 is 0 Å². The van der Waals surface area contributed by atoms with Crippen molar-refractivity contribution in [1.29, 1.82) is 5.41 Å². The Morgan fingerprint density at radius 3 is 1.66 bits per heavy atom. The van der Waals surface area contributed by atoms with Crippen LogP contribution in [0.1, 0.15) is 11.1 Å². The number of fused-ring (bicyclic) bond motifs is 3. The van der Waals surface area contributed by atoms with Crippen LogP contribution in [0.2, 0.25) is 0 Å². The summed E-state index contributed by atoms with van der Waals surface area (Å²) in [7, 11) is 0. The summed E-state index contributed by atoms with van der Waals surface area (Å²) in [4.78, 5) is 19.0. The molecule has 4 heterocycles. The van der Waals surface area contributed by atoms with Gasteiger partial charge in [0.2, 0.25) is 0 Å². The number of nitrogens with one attached hydrogen (secondary N) is 1. The summed E-state index contributed by atoms with van der Waals surface area (Å²) >= 11 is 4.21. The van der Waals surface area contributed by atoms with Crippen molar-refractivity contribution >= 4 is 41.2 Å². The highest BCUT2D eigenvalue weighted by molar-refractivity contribution is 7.79. The van der Waals surface area contributed by atoms with Crippen LogP contribution in [0, 0.1) is 5.41 Å². The molecule has 3 aromatic carbocycles. The lowest BCUT2D eigenvalue weighted by atomic mass is 9.88. The van der Waals surface area contributed by atoms with Gasteiger partial charge in [-0.25, -0.2) is 14.4 Å². The van der Waals surface area contributed by atoms with E-state index < -0.39 is 0 Å². The maximum Gasteiger partial charge on any atom is 0.104 e. The van der Waals surface area contributed by atoms with E-state index in [2.05, 4.69) is 87.8 Å². The van der Waals surface area contributed by atoms with Crippen LogP contribution in [-0.2, 0) is 0 Å². The van der Waals surface area contributed by atoms with E-state index in [4.69, 9.17) is 15.4 Å². The normalized spacial score (nSPS) is 13.2. The molecule has 7 aromatic rings. The lowest BCUT2D eigenvalue weighted by Crippen LogP contribution is -2.18. The smallest absolute Gasteiger partial charge is 0.104 e. The van der Waals surface area contributed by atoms with Gasteiger partial charge in [-0.1, -0.05) is 78.9 Å². The minimum atomic E-state index is 0.335. The third kappa shape index (κ3) is 5.32. The van der Waals surface area contributed by atoms with Gasteiger partial charge in [0, 0.05) is 34.5 Å². The molecule has 0 fully saturated rings. The Hall–Kier alpha value is -6.05. The monoisotopic (exact) mass is 622 g/mol. The van der Waals surface area contributed by atoms with Crippen molar-refractivity contribution in [3.05, 3.63) is 151 Å². The Morgan fingerprint density at radius 1 is 0.532 bits per heavy atom. The van der Waals surface area contributed by atoms with E-state index >= 15 is 0 Å². The van der Waals surface area contributed by atoms with Crippen LogP contribution in [0.15, 0.2) is 144 Å². The topological polar surface area (TPSA) is 87.8 Å². The molecule has 0 amide bonds. The van der Waals surface area contributed by atoms with Crippen molar-refractivity contribution in [3.8, 4) is 56.3 Å². The quantitative estimate of drug-likeness (QED) is 0.187. The van der Waals surface area contributed by atoms with Gasteiger partial charge in [-0.3, -0.25) is 15.4 Å². The van der Waals surface area contributed by atoms with Crippen LogP contribution in [0.4, 0.5) is 0 Å². The standard InChI is InChI=1S/C40H26N6S/c41-32-20-19-31-38(40(32)46-47)30-7-1-2-8-33(30)45-39(31)28-17-15-26(16-18-28)25-11-13-27(14-12-25)29-23-36(34-9-3-5-21-42-34)44-37(24-29)35-10-4-6-22-43-35/h1-24,41,47H. The SMILES string of the molecule is N=C1C=Cc2c(-c3ccc(-c4ccc(-c5cc(-c6ccccn6)nc(-c6ccccn6)c5)cc4)cc3)nc3ccccc3c2C1=NS. The molecule has 0 aliphatic heterocycles. The summed E-state index contributed by atoms with van der Waals surface area (Å²) in [5.41, 5.74) is 13.0. The molecule has 8 rings (SSSR count). The van der Waals surface area contributed by atoms with Crippen LogP contribution >= 0.6 is 12.8 Å². The van der Waals surface area contributed by atoms with Crippen molar-refractivity contribution < 1.29 is 0 Å². The lowest BCUT2D eigenvalue weighted by molar-refractivity contribution is 1.22. The van der Waals surface area contributed by atoms with Crippen LogP contribution in [0.3, 0.4) is 0 Å². The highest BCUT2D eigenvalue weighted by Gasteiger charge is 2.23. The predicted octanol–water partition coefficient (Wildman–Crippen LogP) is 9.44. The van der Waals surface area contributed by atoms with Gasteiger partial charge in [-0.15, -0.1) is 0 Å². The van der Waals surface area contributed by atoms with Crippen LogP contribution in [0.25, 0.3) is 73.3 Å². The molecule has 7 heteroatoms. The summed E-state index contributed by atoms with van der Waals surface area (Å²) in [6, 6.07) is 40.9. The van der Waals surface area contributed by atoms with Crippen molar-refractivity contribution in [3.63, 3.8) is 0 Å². The molecule has 6 nitrogen and oxygen atoms in total. The summed E-state index contributed by atoms with van der Waals surface area (Å²) in [6.07, 6.45) is 7.28. The van der Waals surface area contributed by atoms with Crippen LogP contribution in [0.5, 0.6) is 0 Å². The summed E-state index contributed by atoms with van der Waals surface area (Å²) in [6.45, 7) is 0. The molecule has 0 saturated heterocycles. The number of hydrogen-bond donors (Lipinski definition) is 2. The molecule has 1 N–H and O–H groups in total. The van der Waals surface area contributed by atoms with Gasteiger partial charge in [-0.2, -0.15) is 0 Å². The lowest BCUT2D eigenvalue weighted by Gasteiger charge is -2.19. The fourth-order valence-corrected chi connectivity index (χ4v) is 6.22. The molecule has 0 unspecified atom stereocenters. The second-order valence-corrected chi connectivity index (χ2v) is 11.4. The Labute approximate surface area is 277 Å². The molecule has 0 bridgehead atoms. The minimum Gasteiger partial charge on any atom is -0.299 e. The van der Waals surface area contributed by atoms with Crippen molar-refractivity contribution in [2.45, 2.75) is 0 Å². The minimum absolute atomic E-state index is 0.335. The Kier molecular flexibility index (Phi) is 7.28. The summed E-state index contributed by atoms with van der Waals surface area (Å²) < 4.78 is 4.18. The fourth-order valence-electron chi connectivity index (χ4n) is 6.01. The van der Waals surface area contributed by atoms with E-state index in [1.54, 1.807) is 18.5 Å². The van der Waals surface area contributed by atoms with Gasteiger partial charge in [0.15, 0.2) is 0 Å². The number of benzene rings is 3. The zero-order valence-corrected chi connectivity index (χ0v) is 25.9. The van der Waals surface area contributed by atoms with E-state index in [0.717, 1.165) is 78.3 Å². The number of thiol groups is 1. The Balaban J connectivity index is 1.14. The molecule has 0 radical (unpaired) electrons. The van der Waals surface area contributed by atoms with E-state index in [1.165, 1.54) is 0 Å². The maximum absolute atomic E-state index is 8.42. The molecular formula is C40H26N6S. The first-order valence-corrected chi connectivity index (χ1v) is 15.5. The summed E-state index contributed by atoms with van der Waals surface area (Å²) in [5, 5.41) is 9.38. The molecule has 0 saturated carbocycles. The fraction of sp³-hybridized carbons (Fsp3) is 0. The zero-order valence-electron chi connectivity index (χ0n) is 25.0. The Bertz CT molecular complexity index is 2290. The van der Waals surface area contributed by atoms with Gasteiger partial charge >= 0.3 is 0 Å². The molecular weight excluding hydrogens is 597 g/mol. The number of nitrogens with zero attached hydrogens (tertiary/aromatic N) is 5. The van der Waals surface area contributed by atoms with Crippen molar-refractivity contribution in [2.24, 2.45) is 4.40 Å². The van der Waals surface area contributed by atoms with Gasteiger partial charge in [0.1, 0.15) is 5.71 Å². The average Bonchev–Trinajstić information content (AvgIpc) is 3.15. The molecule has 222 valence electrons. The molecule has 0 atom stereocenters. The zero-order chi connectivity index (χ0) is 31.7. The number of pyridine rings is 4. The number of allylic oxidation sites excluding steroid dienone is 1. The Morgan fingerprint density at radius 2 is 1.09 bits per heavy atom. The first-order valence-electron chi connectivity index (χ1n) is 15.1. The molecule has 47 heavy (non-hydrogen) atoms. The summed E-state index contributed by atoms with van der Waals surface area (Å²) in [5.74, 6) is 0. The van der Waals surface area contributed by atoms with Crippen molar-refractivity contribution in [1.82, 2.24) is 19.9 Å². The van der Waals surface area contributed by atoms with Gasteiger partial charge in [-0.05, 0) is 89.7 Å². The second-order valence-electron chi connectivity index (χ2n) is 11.2. The van der Waals surface area contributed by atoms with Crippen LogP contribution in [-0.4, -0.2) is 31.4 Å². The second kappa shape index (κ2) is 12.0. The van der Waals surface area contributed by atoms with Crippen LogP contribution < -0.4 is 0 Å². The van der Waals surface area contributed by atoms with Gasteiger partial charge in [0.05, 0.1) is 39.7 Å². The largest absolute Gasteiger partial charge is 0.299 e. The van der Waals surface area contributed by atoms with E-state index in [1.807, 2.05) is 66.7 Å². The van der Waals surface area contributed by atoms with Gasteiger partial charge in [0.25, 0.3) is 0 Å². The van der Waals surface area contributed by atoms with E-state index in [9.17, 15) is 0 Å². The number of aromatic nitrogens is 4. The highest BCUT2D eigenvalue weighted by Crippen LogP contribution is 2.36. The molecule has 0 spiro atoms. The third-order valence-electron chi connectivity index (χ3n) is 8.33. The highest BCUT2D eigenvalue weighted by atomic mass is 32.1. The molecule has 4 aromatic heterocycles. The molecule has 1 aliphatic rings. The number of para-hydroxylation sites is 1. The third-order valence-corrected chi connectivity index (χ3v) is 8.53. The predicted molar refractivity (Wildman–Crippen MR) is 195 cm³/mol. The first kappa shape index (κ1) is 28.4. The number of rotatable bonds is 5. The van der Waals surface area contributed by atoms with E-state index in [-0.39, 0.29) is 0 Å².